The van der Waals surface area contributed by atoms with Crippen LogP contribution in [-0.4, -0.2) is 110 Å². The normalized spacial score (nSPS) is 14.7. The van der Waals surface area contributed by atoms with E-state index in [9.17, 15) is 9.59 Å². The summed E-state index contributed by atoms with van der Waals surface area (Å²) in [5.74, 6) is 1.15. The highest BCUT2D eigenvalue weighted by Crippen LogP contribution is 2.33. The highest BCUT2D eigenvalue weighted by molar-refractivity contribution is 7.17. The van der Waals surface area contributed by atoms with E-state index in [1.54, 1.807) is 34.8 Å². The van der Waals surface area contributed by atoms with Gasteiger partial charge in [0.2, 0.25) is 11.8 Å². The number of anilines is 2. The fraction of sp³-hybridized carbons (Fsp3) is 0.357. The minimum absolute atomic E-state index is 0.152. The number of carbonyl (C=O) groups is 2. The average molecular weight is 977 g/mol. The van der Waals surface area contributed by atoms with Gasteiger partial charge in [-0.05, 0) is 135 Å². The van der Waals surface area contributed by atoms with Crippen molar-refractivity contribution in [3.05, 3.63) is 120 Å². The number of hydrogen-bond donors (Lipinski definition) is 0. The summed E-state index contributed by atoms with van der Waals surface area (Å²) in [7, 11) is 0. The molecular weight excluding hydrogens is 917 g/mol. The van der Waals surface area contributed by atoms with Gasteiger partial charge in [0.25, 0.3) is 0 Å². The summed E-state index contributed by atoms with van der Waals surface area (Å²) >= 11 is 3.61. The zero-order valence-corrected chi connectivity index (χ0v) is 41.3. The Morgan fingerprint density at radius 2 is 0.929 bits per heavy atom. The summed E-state index contributed by atoms with van der Waals surface area (Å²) in [6.45, 7) is 11.8. The van der Waals surface area contributed by atoms with Gasteiger partial charge in [0.05, 0.1) is 24.2 Å². The molecule has 14 heteroatoms. The van der Waals surface area contributed by atoms with Crippen LogP contribution in [0.4, 0.5) is 11.4 Å². The lowest BCUT2D eigenvalue weighted by molar-refractivity contribution is -0.136. The number of aromatic nitrogens is 2. The number of pyridine rings is 2. The Balaban J connectivity index is 0.588. The van der Waals surface area contributed by atoms with Crippen LogP contribution in [0, 0.1) is 0 Å². The maximum atomic E-state index is 12.7. The molecular formula is C56H60N6O6S2. The van der Waals surface area contributed by atoms with Gasteiger partial charge in [-0.1, -0.05) is 12.1 Å². The molecule has 0 spiro atoms. The van der Waals surface area contributed by atoms with Crippen molar-refractivity contribution in [3.63, 3.8) is 0 Å². The monoisotopic (exact) mass is 976 g/mol. The molecule has 0 atom stereocenters. The lowest BCUT2D eigenvalue weighted by atomic mass is 10.2. The quantitative estimate of drug-likeness (QED) is 0.0505. The highest BCUT2D eigenvalue weighted by Gasteiger charge is 2.20. The number of benzene rings is 4. The van der Waals surface area contributed by atoms with Crippen molar-refractivity contribution >= 4 is 88.0 Å². The van der Waals surface area contributed by atoms with E-state index in [4.69, 9.17) is 18.9 Å². The Kier molecular flexibility index (Phi) is 15.6. The zero-order valence-electron chi connectivity index (χ0n) is 39.6. The van der Waals surface area contributed by atoms with Crippen LogP contribution < -0.4 is 28.7 Å². The minimum Gasteiger partial charge on any atom is -0.494 e. The Hall–Kier alpha value is -6.32. The lowest BCUT2D eigenvalue weighted by Gasteiger charge is -2.36. The second-order valence-corrected chi connectivity index (χ2v) is 20.0. The van der Waals surface area contributed by atoms with Gasteiger partial charge >= 0.3 is 11.9 Å². The van der Waals surface area contributed by atoms with E-state index in [-0.39, 0.29) is 24.6 Å². The second-order valence-electron chi connectivity index (χ2n) is 18.2. The van der Waals surface area contributed by atoms with Crippen molar-refractivity contribution in [1.82, 2.24) is 19.8 Å². The fourth-order valence-corrected chi connectivity index (χ4v) is 11.1. The molecule has 0 unspecified atom stereocenters. The number of nitrogens with zero attached hydrogens (tertiary/aromatic N) is 6. The number of fused-ring (bicyclic) bond motifs is 4. The number of ether oxygens (including phenoxy) is 4. The van der Waals surface area contributed by atoms with Crippen LogP contribution in [0.15, 0.2) is 120 Å². The van der Waals surface area contributed by atoms with E-state index in [0.717, 1.165) is 113 Å². The molecule has 0 radical (unpaired) electrons. The Morgan fingerprint density at radius 3 is 1.39 bits per heavy atom. The van der Waals surface area contributed by atoms with Gasteiger partial charge in [0, 0.05) is 132 Å². The molecule has 6 heterocycles. The summed E-state index contributed by atoms with van der Waals surface area (Å²) < 4.78 is 26.1. The van der Waals surface area contributed by atoms with Crippen LogP contribution in [0.3, 0.4) is 0 Å². The van der Waals surface area contributed by atoms with Gasteiger partial charge in [0.15, 0.2) is 0 Å². The van der Waals surface area contributed by atoms with Crippen molar-refractivity contribution in [2.24, 2.45) is 0 Å². The van der Waals surface area contributed by atoms with Gasteiger partial charge in [-0.25, -0.2) is 9.97 Å². The first kappa shape index (κ1) is 47.4. The molecule has 4 aromatic carbocycles. The van der Waals surface area contributed by atoms with E-state index in [1.165, 1.54) is 31.5 Å². The number of rotatable bonds is 21. The van der Waals surface area contributed by atoms with Gasteiger partial charge in [-0.3, -0.25) is 19.4 Å². The summed E-state index contributed by atoms with van der Waals surface area (Å²) in [4.78, 5) is 44.8. The van der Waals surface area contributed by atoms with Crippen LogP contribution in [0.5, 0.6) is 23.3 Å². The Bertz CT molecular complexity index is 2830. The molecule has 2 aliphatic rings. The molecule has 362 valence electrons. The molecule has 2 saturated heterocycles. The third-order valence-corrected chi connectivity index (χ3v) is 15.1. The molecule has 0 saturated carbocycles. The average Bonchev–Trinajstić information content (AvgIpc) is 4.09. The molecule has 0 aliphatic carbocycles. The largest absolute Gasteiger partial charge is 0.494 e. The molecule has 2 aliphatic heterocycles. The summed E-state index contributed by atoms with van der Waals surface area (Å²) in [5, 5.41) is 8.95. The molecule has 2 fully saturated rings. The standard InChI is InChI=1S/C56H60N6O6S2/c63-55(67-53-21-17-41-15-19-43(39-47(41)57-53)65-35-5-3-25-59-27-31-61(32-28-59)49-9-7-11-51-45(49)23-37-69-51)13-1-2-14-56(64)68-54-22-18-42-16-20-44(40-48(42)58-54)66-36-6-4-26-60-29-33-62(34-30-60)50-10-8-12-52-46(50)24-38-70-52/h7-12,15-24,37-40H,1-6,13-14,25-36H2. The first-order valence-corrected chi connectivity index (χ1v) is 26.6. The van der Waals surface area contributed by atoms with Crippen LogP contribution in [0.1, 0.15) is 51.4 Å². The predicted octanol–water partition coefficient (Wildman–Crippen LogP) is 11.2. The van der Waals surface area contributed by atoms with E-state index in [0.29, 0.717) is 37.1 Å². The maximum Gasteiger partial charge on any atom is 0.312 e. The minimum atomic E-state index is -0.402. The van der Waals surface area contributed by atoms with Crippen LogP contribution >= 0.6 is 22.7 Å². The second kappa shape index (κ2) is 23.1. The highest BCUT2D eigenvalue weighted by atomic mass is 32.1. The van der Waals surface area contributed by atoms with Gasteiger partial charge in [-0.15, -0.1) is 22.7 Å². The molecule has 8 aromatic rings. The number of carbonyl (C=O) groups excluding carboxylic acids is 2. The Morgan fingerprint density at radius 1 is 0.486 bits per heavy atom. The van der Waals surface area contributed by atoms with Crippen molar-refractivity contribution < 1.29 is 28.5 Å². The Labute approximate surface area is 417 Å². The van der Waals surface area contributed by atoms with Gasteiger partial charge < -0.3 is 28.7 Å². The number of esters is 2. The summed E-state index contributed by atoms with van der Waals surface area (Å²) in [6.07, 6.45) is 5.31. The van der Waals surface area contributed by atoms with Crippen LogP contribution in [0.2, 0.25) is 0 Å². The summed E-state index contributed by atoms with van der Waals surface area (Å²) in [5.41, 5.74) is 4.10. The third kappa shape index (κ3) is 12.2. The van der Waals surface area contributed by atoms with Crippen molar-refractivity contribution in [1.29, 1.82) is 0 Å². The molecule has 10 rings (SSSR count). The van der Waals surface area contributed by atoms with Crippen molar-refractivity contribution in [2.75, 3.05) is 88.5 Å². The smallest absolute Gasteiger partial charge is 0.312 e. The van der Waals surface area contributed by atoms with E-state index in [2.05, 4.69) is 88.9 Å². The number of hydrogen-bond acceptors (Lipinski definition) is 14. The SMILES string of the molecule is O=C(CCCCC(=O)Oc1ccc2ccc(OCCCCN3CCN(c4cccc5sccc45)CC3)cc2n1)Oc1ccc2ccc(OCCCCN3CCN(c4cccc5sccc45)CC3)cc2n1. The summed E-state index contributed by atoms with van der Waals surface area (Å²) in [6, 6.07) is 36.5. The maximum absolute atomic E-state index is 12.7. The number of thiophene rings is 2. The van der Waals surface area contributed by atoms with Gasteiger partial charge in [0.1, 0.15) is 11.5 Å². The molecule has 0 bridgehead atoms. The number of piperazine rings is 2. The van der Waals surface area contributed by atoms with Crippen molar-refractivity contribution in [2.45, 2.75) is 51.4 Å². The first-order valence-electron chi connectivity index (χ1n) is 24.8. The first-order chi connectivity index (χ1) is 34.5. The van der Waals surface area contributed by atoms with E-state index >= 15 is 0 Å². The lowest BCUT2D eigenvalue weighted by Crippen LogP contribution is -2.46. The van der Waals surface area contributed by atoms with Crippen molar-refractivity contribution in [3.8, 4) is 23.3 Å². The number of unbranched alkanes of at least 4 members (excludes halogenated alkanes) is 3. The fourth-order valence-electron chi connectivity index (χ4n) is 9.51. The molecule has 0 N–H and O–H groups in total. The molecule has 0 amide bonds. The van der Waals surface area contributed by atoms with Gasteiger partial charge in [-0.2, -0.15) is 0 Å². The van der Waals surface area contributed by atoms with Crippen LogP contribution in [-0.2, 0) is 9.59 Å². The van der Waals surface area contributed by atoms with E-state index in [1.807, 2.05) is 48.5 Å². The van der Waals surface area contributed by atoms with Crippen LogP contribution in [0.25, 0.3) is 42.0 Å². The molecule has 70 heavy (non-hydrogen) atoms. The molecule has 12 nitrogen and oxygen atoms in total. The third-order valence-electron chi connectivity index (χ3n) is 13.4. The zero-order chi connectivity index (χ0) is 47.5. The molecule has 4 aromatic heterocycles. The van der Waals surface area contributed by atoms with E-state index < -0.39 is 11.9 Å². The topological polar surface area (TPSA) is 110 Å². The predicted molar refractivity (Wildman–Crippen MR) is 284 cm³/mol.